The van der Waals surface area contributed by atoms with E-state index < -0.39 is 0 Å². The Morgan fingerprint density at radius 2 is 2.11 bits per heavy atom. The highest BCUT2D eigenvalue weighted by molar-refractivity contribution is 5.78. The Morgan fingerprint density at radius 1 is 1.33 bits per heavy atom. The molecule has 0 bridgehead atoms. The van der Waals surface area contributed by atoms with Crippen molar-refractivity contribution in [2.75, 3.05) is 0 Å². The largest absolute Gasteiger partial charge is 0.300 e. The number of rotatable bonds is 0. The molecule has 0 radical (unpaired) electrons. The van der Waals surface area contributed by atoms with E-state index in [1.165, 1.54) is 6.42 Å². The van der Waals surface area contributed by atoms with Gasteiger partial charge in [-0.2, -0.15) is 0 Å². The maximum absolute atomic E-state index is 10.8. The lowest BCUT2D eigenvalue weighted by molar-refractivity contribution is -0.118. The first-order valence-corrected chi connectivity index (χ1v) is 3.81. The van der Waals surface area contributed by atoms with Crippen LogP contribution in [-0.2, 0) is 4.79 Å². The van der Waals surface area contributed by atoms with Gasteiger partial charge < -0.3 is 0 Å². The number of carbonyl (C=O) groups is 1. The molecule has 1 atom stereocenters. The highest BCUT2D eigenvalue weighted by Crippen LogP contribution is 2.19. The second kappa shape index (κ2) is 3.00. The van der Waals surface area contributed by atoms with Crippen molar-refractivity contribution in [3.8, 4) is 0 Å². The van der Waals surface area contributed by atoms with Gasteiger partial charge in [0.25, 0.3) is 0 Å². The summed E-state index contributed by atoms with van der Waals surface area (Å²) in [6.07, 6.45) is 5.18. The average molecular weight is 126 g/mol. The molecular weight excluding hydrogens is 112 g/mol. The van der Waals surface area contributed by atoms with Gasteiger partial charge in [-0.15, -0.1) is 0 Å². The van der Waals surface area contributed by atoms with Gasteiger partial charge in [-0.05, 0) is 18.8 Å². The predicted molar refractivity (Wildman–Crippen MR) is 37.3 cm³/mol. The van der Waals surface area contributed by atoms with Gasteiger partial charge in [0.15, 0.2) is 0 Å². The third kappa shape index (κ3) is 2.17. The van der Waals surface area contributed by atoms with Crippen LogP contribution >= 0.6 is 0 Å². The van der Waals surface area contributed by atoms with Crippen molar-refractivity contribution >= 4 is 5.78 Å². The molecule has 1 saturated carbocycles. The molecule has 0 aromatic carbocycles. The normalized spacial score (nSPS) is 29.9. The van der Waals surface area contributed by atoms with Crippen LogP contribution in [0.4, 0.5) is 0 Å². The molecule has 1 nitrogen and oxygen atoms in total. The van der Waals surface area contributed by atoms with Crippen molar-refractivity contribution in [3.63, 3.8) is 0 Å². The third-order valence-corrected chi connectivity index (χ3v) is 2.07. The molecule has 1 heteroatoms. The van der Waals surface area contributed by atoms with E-state index in [-0.39, 0.29) is 0 Å². The molecule has 0 aromatic heterocycles. The van der Waals surface area contributed by atoms with Gasteiger partial charge >= 0.3 is 0 Å². The molecule has 1 aliphatic rings. The van der Waals surface area contributed by atoms with Crippen molar-refractivity contribution in [1.82, 2.24) is 0 Å². The molecular formula is C8H14O. The van der Waals surface area contributed by atoms with Crippen LogP contribution in [0.3, 0.4) is 0 Å². The van der Waals surface area contributed by atoms with E-state index in [1.54, 1.807) is 0 Å². The second-order valence-corrected chi connectivity index (χ2v) is 3.07. The van der Waals surface area contributed by atoms with Crippen molar-refractivity contribution in [1.29, 1.82) is 0 Å². The molecule has 0 heterocycles. The molecule has 1 unspecified atom stereocenters. The second-order valence-electron chi connectivity index (χ2n) is 3.07. The molecule has 0 N–H and O–H groups in total. The topological polar surface area (TPSA) is 17.1 Å². The van der Waals surface area contributed by atoms with E-state index in [1.807, 2.05) is 0 Å². The van der Waals surface area contributed by atoms with E-state index in [4.69, 9.17) is 0 Å². The Labute approximate surface area is 56.4 Å². The minimum Gasteiger partial charge on any atom is -0.300 e. The summed E-state index contributed by atoms with van der Waals surface area (Å²) in [5.41, 5.74) is 0. The van der Waals surface area contributed by atoms with Crippen molar-refractivity contribution in [2.24, 2.45) is 5.92 Å². The van der Waals surface area contributed by atoms with Crippen LogP contribution in [0.2, 0.25) is 0 Å². The molecule has 9 heavy (non-hydrogen) atoms. The number of hydrogen-bond acceptors (Lipinski definition) is 1. The van der Waals surface area contributed by atoms with Crippen LogP contribution in [0, 0.1) is 5.92 Å². The fraction of sp³-hybridized carbons (Fsp3) is 0.875. The summed E-state index contributed by atoms with van der Waals surface area (Å²) >= 11 is 0. The summed E-state index contributed by atoms with van der Waals surface area (Å²) < 4.78 is 0. The number of hydrogen-bond donors (Lipinski definition) is 0. The fourth-order valence-electron chi connectivity index (χ4n) is 1.32. The summed E-state index contributed by atoms with van der Waals surface area (Å²) in [5, 5.41) is 0. The molecule has 1 fully saturated rings. The van der Waals surface area contributed by atoms with Gasteiger partial charge in [0.2, 0.25) is 0 Å². The number of ketones is 1. The minimum atomic E-state index is 0.472. The first kappa shape index (κ1) is 6.79. The first-order chi connectivity index (χ1) is 4.29. The van der Waals surface area contributed by atoms with Crippen molar-refractivity contribution in [3.05, 3.63) is 0 Å². The van der Waals surface area contributed by atoms with Crippen molar-refractivity contribution < 1.29 is 4.79 Å². The molecule has 1 rings (SSSR count). The van der Waals surface area contributed by atoms with Crippen LogP contribution in [0.5, 0.6) is 0 Å². The predicted octanol–water partition coefficient (Wildman–Crippen LogP) is 2.16. The number of Topliss-reactive ketones (excluding diaryl/α,β-unsaturated/α-hetero) is 1. The lowest BCUT2D eigenvalue weighted by Gasteiger charge is -2.02. The summed E-state index contributed by atoms with van der Waals surface area (Å²) in [5.74, 6) is 1.26. The first-order valence-electron chi connectivity index (χ1n) is 3.81. The Morgan fingerprint density at radius 3 is 2.89 bits per heavy atom. The number of carbonyl (C=O) groups excluding carboxylic acids is 1. The molecule has 0 aromatic rings. The van der Waals surface area contributed by atoms with Crippen LogP contribution in [0.1, 0.15) is 39.0 Å². The fourth-order valence-corrected chi connectivity index (χ4v) is 1.32. The maximum atomic E-state index is 10.8. The maximum Gasteiger partial charge on any atom is 0.132 e. The molecule has 52 valence electrons. The summed E-state index contributed by atoms with van der Waals surface area (Å²) in [6.45, 7) is 2.23. The van der Waals surface area contributed by atoms with Gasteiger partial charge in [0.1, 0.15) is 5.78 Å². The van der Waals surface area contributed by atoms with E-state index in [0.717, 1.165) is 31.6 Å². The third-order valence-electron chi connectivity index (χ3n) is 2.07. The Balaban J connectivity index is 2.34. The Bertz CT molecular complexity index is 107. The lowest BCUT2D eigenvalue weighted by atomic mass is 10.0. The lowest BCUT2D eigenvalue weighted by Crippen LogP contribution is -1.93. The monoisotopic (exact) mass is 126 g/mol. The molecule has 0 spiro atoms. The van der Waals surface area contributed by atoms with E-state index in [9.17, 15) is 4.79 Å². The van der Waals surface area contributed by atoms with Gasteiger partial charge in [-0.25, -0.2) is 0 Å². The Hall–Kier alpha value is -0.330. The van der Waals surface area contributed by atoms with Crippen LogP contribution in [-0.4, -0.2) is 5.78 Å². The van der Waals surface area contributed by atoms with Crippen LogP contribution < -0.4 is 0 Å². The van der Waals surface area contributed by atoms with E-state index in [2.05, 4.69) is 6.92 Å². The molecule has 0 aliphatic heterocycles. The average Bonchev–Trinajstić information content (AvgIpc) is 1.97. The van der Waals surface area contributed by atoms with Gasteiger partial charge in [-0.1, -0.05) is 13.3 Å². The minimum absolute atomic E-state index is 0.472. The zero-order valence-corrected chi connectivity index (χ0v) is 6.02. The zero-order valence-electron chi connectivity index (χ0n) is 6.02. The van der Waals surface area contributed by atoms with Crippen LogP contribution in [0.15, 0.2) is 0 Å². The highest BCUT2D eigenvalue weighted by atomic mass is 16.1. The SMILES string of the molecule is CC1CCCC(=O)CC1. The highest BCUT2D eigenvalue weighted by Gasteiger charge is 2.11. The van der Waals surface area contributed by atoms with E-state index >= 15 is 0 Å². The van der Waals surface area contributed by atoms with Gasteiger partial charge in [0, 0.05) is 12.8 Å². The molecule has 0 saturated heterocycles. The smallest absolute Gasteiger partial charge is 0.132 e. The van der Waals surface area contributed by atoms with Gasteiger partial charge in [0.05, 0.1) is 0 Å². The summed E-state index contributed by atoms with van der Waals surface area (Å²) in [4.78, 5) is 10.8. The van der Waals surface area contributed by atoms with Crippen molar-refractivity contribution in [2.45, 2.75) is 39.0 Å². The standard InChI is InChI=1S/C8H14O/c1-7-3-2-4-8(9)6-5-7/h7H,2-6H2,1H3. The summed E-state index contributed by atoms with van der Waals surface area (Å²) in [6, 6.07) is 0. The summed E-state index contributed by atoms with van der Waals surface area (Å²) in [7, 11) is 0. The van der Waals surface area contributed by atoms with Crippen LogP contribution in [0.25, 0.3) is 0 Å². The Kier molecular flexibility index (Phi) is 2.26. The zero-order chi connectivity index (χ0) is 6.69. The molecule has 0 amide bonds. The van der Waals surface area contributed by atoms with E-state index in [0.29, 0.717) is 5.78 Å². The quantitative estimate of drug-likeness (QED) is 0.454. The van der Waals surface area contributed by atoms with Gasteiger partial charge in [-0.3, -0.25) is 4.79 Å². The molecule has 1 aliphatic carbocycles.